The first-order valence-corrected chi connectivity index (χ1v) is 9.67. The number of nitrogens with one attached hydrogen (secondary N) is 1. The molecule has 7 heteroatoms. The highest BCUT2D eigenvalue weighted by atomic mass is 16.5. The Morgan fingerprint density at radius 1 is 0.964 bits per heavy atom. The highest BCUT2D eigenvalue weighted by Crippen LogP contribution is 2.08. The van der Waals surface area contributed by atoms with Crippen molar-refractivity contribution in [2.24, 2.45) is 0 Å². The lowest BCUT2D eigenvalue weighted by Crippen LogP contribution is -2.39. The molecule has 0 saturated carbocycles. The number of hydrogen-bond acceptors (Lipinski definition) is 5. The lowest BCUT2D eigenvalue weighted by atomic mass is 10.2. The fourth-order valence-electron chi connectivity index (χ4n) is 2.69. The molecule has 0 bridgehead atoms. The van der Waals surface area contributed by atoms with Gasteiger partial charge in [-0.2, -0.15) is 0 Å². The van der Waals surface area contributed by atoms with Crippen molar-refractivity contribution >= 4 is 12.0 Å². The topological polar surface area (TPSA) is 84.4 Å². The van der Waals surface area contributed by atoms with Gasteiger partial charge in [0.25, 0.3) is 0 Å². The zero-order chi connectivity index (χ0) is 20.0. The molecule has 2 aromatic heterocycles. The zero-order valence-corrected chi connectivity index (χ0v) is 16.3. The maximum absolute atomic E-state index is 12.7. The number of aromatic nitrogens is 2. The van der Waals surface area contributed by atoms with Crippen LogP contribution < -0.4 is 5.32 Å². The Bertz CT molecular complexity index is 669. The van der Waals surface area contributed by atoms with Crippen LogP contribution in [-0.2, 0) is 22.6 Å². The van der Waals surface area contributed by atoms with E-state index in [-0.39, 0.29) is 12.0 Å². The zero-order valence-electron chi connectivity index (χ0n) is 16.3. The summed E-state index contributed by atoms with van der Waals surface area (Å²) in [6.45, 7) is 3.59. The molecular formula is C21H28N4O3. The van der Waals surface area contributed by atoms with E-state index in [1.807, 2.05) is 36.4 Å². The second-order valence-corrected chi connectivity index (χ2v) is 6.35. The summed E-state index contributed by atoms with van der Waals surface area (Å²) >= 11 is 0. The molecule has 2 heterocycles. The van der Waals surface area contributed by atoms with E-state index < -0.39 is 0 Å². The largest absolute Gasteiger partial charge is 0.466 e. The maximum atomic E-state index is 12.7. The van der Waals surface area contributed by atoms with E-state index in [9.17, 15) is 9.59 Å². The third-order valence-electron chi connectivity index (χ3n) is 4.08. The summed E-state index contributed by atoms with van der Waals surface area (Å²) in [6, 6.07) is 11.2. The van der Waals surface area contributed by atoms with Gasteiger partial charge in [0.15, 0.2) is 0 Å². The Labute approximate surface area is 166 Å². The van der Waals surface area contributed by atoms with Crippen LogP contribution in [0.4, 0.5) is 4.79 Å². The number of hydrogen-bond donors (Lipinski definition) is 1. The van der Waals surface area contributed by atoms with Gasteiger partial charge in [0.05, 0.1) is 31.1 Å². The van der Waals surface area contributed by atoms with Crippen molar-refractivity contribution in [1.82, 2.24) is 20.2 Å². The third kappa shape index (κ3) is 8.16. The molecule has 1 N–H and O–H groups in total. The smallest absolute Gasteiger partial charge is 0.318 e. The van der Waals surface area contributed by atoms with E-state index in [4.69, 9.17) is 4.74 Å². The molecule has 0 radical (unpaired) electrons. The van der Waals surface area contributed by atoms with Crippen molar-refractivity contribution < 1.29 is 14.3 Å². The Balaban J connectivity index is 1.80. The number of amides is 2. The number of pyridine rings is 2. The van der Waals surface area contributed by atoms with Gasteiger partial charge in [-0.15, -0.1) is 0 Å². The molecule has 150 valence electrons. The molecule has 0 atom stereocenters. The second kappa shape index (κ2) is 12.4. The van der Waals surface area contributed by atoms with Crippen LogP contribution in [0.5, 0.6) is 0 Å². The summed E-state index contributed by atoms with van der Waals surface area (Å²) in [4.78, 5) is 34.3. The quantitative estimate of drug-likeness (QED) is 0.475. The van der Waals surface area contributed by atoms with E-state index in [1.165, 1.54) is 0 Å². The van der Waals surface area contributed by atoms with Crippen LogP contribution in [0.15, 0.2) is 48.8 Å². The van der Waals surface area contributed by atoms with E-state index in [2.05, 4.69) is 15.3 Å². The average molecular weight is 384 g/mol. The van der Waals surface area contributed by atoms with Crippen molar-refractivity contribution in [3.8, 4) is 0 Å². The van der Waals surface area contributed by atoms with Gasteiger partial charge < -0.3 is 15.0 Å². The second-order valence-electron chi connectivity index (χ2n) is 6.35. The summed E-state index contributed by atoms with van der Waals surface area (Å²) in [7, 11) is 0. The first-order chi connectivity index (χ1) is 13.7. The van der Waals surface area contributed by atoms with Gasteiger partial charge in [0.1, 0.15) is 0 Å². The van der Waals surface area contributed by atoms with Crippen LogP contribution in [0.25, 0.3) is 0 Å². The molecular weight excluding hydrogens is 356 g/mol. The normalized spacial score (nSPS) is 10.3. The molecule has 2 rings (SSSR count). The molecule has 0 aliphatic heterocycles. The number of esters is 1. The molecule has 2 amide bonds. The van der Waals surface area contributed by atoms with Gasteiger partial charge in [-0.3, -0.25) is 14.8 Å². The van der Waals surface area contributed by atoms with Crippen LogP contribution >= 0.6 is 0 Å². The van der Waals surface area contributed by atoms with Gasteiger partial charge in [0, 0.05) is 25.4 Å². The molecule has 0 aromatic carbocycles. The number of ether oxygens (including phenoxy) is 1. The first-order valence-electron chi connectivity index (χ1n) is 9.67. The lowest BCUT2D eigenvalue weighted by molar-refractivity contribution is -0.143. The summed E-state index contributed by atoms with van der Waals surface area (Å²) in [5.74, 6) is -0.163. The summed E-state index contributed by atoms with van der Waals surface area (Å²) < 4.78 is 4.90. The minimum Gasteiger partial charge on any atom is -0.466 e. The maximum Gasteiger partial charge on any atom is 0.318 e. The number of urea groups is 1. The molecule has 7 nitrogen and oxygen atoms in total. The number of rotatable bonds is 11. The van der Waals surface area contributed by atoms with Crippen LogP contribution in [0.2, 0.25) is 0 Å². The predicted octanol–water partition coefficient (Wildman–Crippen LogP) is 3.31. The van der Waals surface area contributed by atoms with E-state index >= 15 is 0 Å². The number of unbranched alkanes of at least 4 members (excludes halogenated alkanes) is 2. The molecule has 28 heavy (non-hydrogen) atoms. The van der Waals surface area contributed by atoms with E-state index in [1.54, 1.807) is 24.2 Å². The minimum atomic E-state index is -0.163. The van der Waals surface area contributed by atoms with Gasteiger partial charge in [-0.1, -0.05) is 18.6 Å². The monoisotopic (exact) mass is 384 g/mol. The highest BCUT2D eigenvalue weighted by Gasteiger charge is 2.15. The predicted molar refractivity (Wildman–Crippen MR) is 106 cm³/mol. The Morgan fingerprint density at radius 3 is 2.14 bits per heavy atom. The average Bonchev–Trinajstić information content (AvgIpc) is 2.71. The minimum absolute atomic E-state index is 0.151. The number of carbonyl (C=O) groups is 2. The number of carbonyl (C=O) groups excluding carboxylic acids is 2. The SMILES string of the molecule is CCOC(=O)CCCCCNC(=O)N(Cc1ccccn1)Cc1ccccn1. The molecule has 2 aromatic rings. The number of nitrogens with zero attached hydrogens (tertiary/aromatic N) is 3. The summed E-state index contributed by atoms with van der Waals surface area (Å²) in [5.41, 5.74) is 1.64. The Hall–Kier alpha value is -2.96. The van der Waals surface area contributed by atoms with Crippen LogP contribution in [0.1, 0.15) is 44.0 Å². The van der Waals surface area contributed by atoms with Crippen LogP contribution in [-0.4, -0.2) is 40.0 Å². The molecule has 0 aliphatic rings. The summed E-state index contributed by atoms with van der Waals surface area (Å²) in [6.07, 6.45) is 6.30. The highest BCUT2D eigenvalue weighted by molar-refractivity contribution is 5.74. The van der Waals surface area contributed by atoms with E-state index in [0.717, 1.165) is 30.7 Å². The van der Waals surface area contributed by atoms with Gasteiger partial charge >= 0.3 is 12.0 Å². The fourth-order valence-corrected chi connectivity index (χ4v) is 2.69. The first kappa shape index (κ1) is 21.3. The van der Waals surface area contributed by atoms with Gasteiger partial charge in [0.2, 0.25) is 0 Å². The molecule has 0 unspecified atom stereocenters. The van der Waals surface area contributed by atoms with Gasteiger partial charge in [-0.05, 0) is 44.0 Å². The van der Waals surface area contributed by atoms with Gasteiger partial charge in [-0.25, -0.2) is 4.79 Å². The van der Waals surface area contributed by atoms with Crippen LogP contribution in [0, 0.1) is 0 Å². The van der Waals surface area contributed by atoms with Crippen molar-refractivity contribution in [3.05, 3.63) is 60.2 Å². The molecule has 0 fully saturated rings. The molecule has 0 spiro atoms. The third-order valence-corrected chi connectivity index (χ3v) is 4.08. The standard InChI is InChI=1S/C21H28N4O3/c1-2-28-20(26)12-4-3-7-15-24-21(27)25(16-18-10-5-8-13-22-18)17-19-11-6-9-14-23-19/h5-6,8-11,13-14H,2-4,7,12,15-17H2,1H3,(H,24,27). The summed E-state index contributed by atoms with van der Waals surface area (Å²) in [5, 5.41) is 2.95. The van der Waals surface area contributed by atoms with Crippen molar-refractivity contribution in [3.63, 3.8) is 0 Å². The Kier molecular flexibility index (Phi) is 9.47. The van der Waals surface area contributed by atoms with Crippen molar-refractivity contribution in [2.45, 2.75) is 45.7 Å². The van der Waals surface area contributed by atoms with Crippen molar-refractivity contribution in [2.75, 3.05) is 13.2 Å². The fraction of sp³-hybridized carbons (Fsp3) is 0.429. The van der Waals surface area contributed by atoms with Crippen molar-refractivity contribution in [1.29, 1.82) is 0 Å². The lowest BCUT2D eigenvalue weighted by Gasteiger charge is -2.22. The molecule has 0 aliphatic carbocycles. The molecule has 0 saturated heterocycles. The Morgan fingerprint density at radius 2 is 1.61 bits per heavy atom. The van der Waals surface area contributed by atoms with E-state index in [0.29, 0.717) is 32.7 Å². The van der Waals surface area contributed by atoms with Crippen LogP contribution in [0.3, 0.4) is 0 Å².